The topological polar surface area (TPSA) is 124 Å². The lowest BCUT2D eigenvalue weighted by molar-refractivity contribution is -0.119. The third kappa shape index (κ3) is 8.14. The summed E-state index contributed by atoms with van der Waals surface area (Å²) in [5, 5.41) is 13.3. The Kier molecular flexibility index (Phi) is 10.9. The zero-order valence-corrected chi connectivity index (χ0v) is 28.1. The van der Waals surface area contributed by atoms with Crippen molar-refractivity contribution in [2.45, 2.75) is 90.1 Å². The molecule has 48 heavy (non-hydrogen) atoms. The average molecular weight is 644 g/mol. The lowest BCUT2D eigenvalue weighted by atomic mass is 9.89. The molecular formula is C38H45N9O. The molecule has 1 aromatic carbocycles. The van der Waals surface area contributed by atoms with Crippen LogP contribution in [0.15, 0.2) is 67.3 Å². The quantitative estimate of drug-likeness (QED) is 0.199. The highest BCUT2D eigenvalue weighted by Crippen LogP contribution is 2.31. The number of nitrogens with one attached hydrogen (secondary N) is 1. The minimum atomic E-state index is 0.0355. The molecule has 0 spiro atoms. The molecule has 1 N–H and O–H groups in total. The standard InChI is InChI=1S/C38H45N9O/c1-3-34-40-25-31(26-41-34)29-12-17-35(42-23-29)47(36(48)18-11-28-9-5-4-6-10-28)33-15-13-32(14-16-33)44-38-43-24-30(22-39)37(45-38)46-20-7-8-27(2)19-21-46/h4-6,9-10,12,17,23-27,32-33H,3,7-8,11,13-16,18-21H2,1-2H3,(H,43,44,45). The predicted octanol–water partition coefficient (Wildman–Crippen LogP) is 6.78. The highest BCUT2D eigenvalue weighted by atomic mass is 16.2. The van der Waals surface area contributed by atoms with Gasteiger partial charge in [-0.05, 0) is 75.0 Å². The van der Waals surface area contributed by atoms with Gasteiger partial charge in [-0.15, -0.1) is 0 Å². The molecule has 0 radical (unpaired) electrons. The molecule has 1 atom stereocenters. The number of carbonyl (C=O) groups excluding carboxylic acids is 1. The second-order valence-corrected chi connectivity index (χ2v) is 13.1. The third-order valence-electron chi connectivity index (χ3n) is 9.69. The Labute approximate surface area is 283 Å². The first-order valence-electron chi connectivity index (χ1n) is 17.4. The maximum Gasteiger partial charge on any atom is 0.228 e. The van der Waals surface area contributed by atoms with Crippen LogP contribution < -0.4 is 15.1 Å². The Morgan fingerprint density at radius 2 is 1.69 bits per heavy atom. The van der Waals surface area contributed by atoms with Crippen molar-refractivity contribution in [3.63, 3.8) is 0 Å². The van der Waals surface area contributed by atoms with Crippen LogP contribution in [0.1, 0.15) is 82.2 Å². The molecule has 1 saturated heterocycles. The summed E-state index contributed by atoms with van der Waals surface area (Å²) in [6, 6.07) is 16.6. The summed E-state index contributed by atoms with van der Waals surface area (Å²) in [6.45, 7) is 6.14. The number of aromatic nitrogens is 5. The van der Waals surface area contributed by atoms with E-state index >= 15 is 0 Å². The average Bonchev–Trinajstić information content (AvgIpc) is 3.36. The van der Waals surface area contributed by atoms with Crippen LogP contribution in [0, 0.1) is 17.2 Å². The number of amides is 1. The summed E-state index contributed by atoms with van der Waals surface area (Å²) in [7, 11) is 0. The van der Waals surface area contributed by atoms with Crippen molar-refractivity contribution >= 4 is 23.5 Å². The van der Waals surface area contributed by atoms with E-state index in [2.05, 4.69) is 50.3 Å². The smallest absolute Gasteiger partial charge is 0.228 e. The molecule has 1 aliphatic heterocycles. The van der Waals surface area contributed by atoms with Gasteiger partial charge in [0.1, 0.15) is 23.3 Å². The molecule has 2 fully saturated rings. The lowest BCUT2D eigenvalue weighted by Gasteiger charge is -2.37. The zero-order valence-electron chi connectivity index (χ0n) is 28.1. The van der Waals surface area contributed by atoms with Crippen molar-refractivity contribution in [1.29, 1.82) is 5.26 Å². The molecule has 10 heteroatoms. The molecule has 0 bridgehead atoms. The van der Waals surface area contributed by atoms with Crippen molar-refractivity contribution in [3.8, 4) is 17.2 Å². The normalized spacial score (nSPS) is 19.6. The molecular weight excluding hydrogens is 598 g/mol. The molecule has 1 unspecified atom stereocenters. The van der Waals surface area contributed by atoms with Crippen LogP contribution in [-0.2, 0) is 17.6 Å². The molecule has 248 valence electrons. The molecule has 6 rings (SSSR count). The number of hydrogen-bond acceptors (Lipinski definition) is 9. The Morgan fingerprint density at radius 3 is 2.40 bits per heavy atom. The molecule has 4 aromatic rings. The van der Waals surface area contributed by atoms with Gasteiger partial charge in [-0.2, -0.15) is 10.2 Å². The first-order chi connectivity index (χ1) is 23.5. The summed E-state index contributed by atoms with van der Waals surface area (Å²) in [6.07, 6.45) is 15.8. The zero-order chi connectivity index (χ0) is 33.3. The van der Waals surface area contributed by atoms with Crippen molar-refractivity contribution in [2.75, 3.05) is 28.2 Å². The van der Waals surface area contributed by atoms with E-state index in [9.17, 15) is 10.1 Å². The Balaban J connectivity index is 1.15. The molecule has 4 heterocycles. The number of nitriles is 1. The Hall–Kier alpha value is -4.91. The Morgan fingerprint density at radius 1 is 0.917 bits per heavy atom. The highest BCUT2D eigenvalue weighted by Gasteiger charge is 2.31. The van der Waals surface area contributed by atoms with Gasteiger partial charge >= 0.3 is 0 Å². The second-order valence-electron chi connectivity index (χ2n) is 13.1. The van der Waals surface area contributed by atoms with E-state index in [0.29, 0.717) is 36.1 Å². The maximum absolute atomic E-state index is 13.9. The summed E-state index contributed by atoms with van der Waals surface area (Å²) in [5.41, 5.74) is 3.49. The van der Waals surface area contributed by atoms with Crippen LogP contribution in [0.5, 0.6) is 0 Å². The summed E-state index contributed by atoms with van der Waals surface area (Å²) >= 11 is 0. The van der Waals surface area contributed by atoms with Crippen LogP contribution in [-0.4, -0.2) is 56.0 Å². The number of aryl methyl sites for hydroxylation is 2. The maximum atomic E-state index is 13.9. The van der Waals surface area contributed by atoms with E-state index < -0.39 is 0 Å². The van der Waals surface area contributed by atoms with E-state index in [1.807, 2.05) is 60.7 Å². The number of anilines is 3. The van der Waals surface area contributed by atoms with E-state index in [4.69, 9.17) is 9.97 Å². The number of benzene rings is 1. The summed E-state index contributed by atoms with van der Waals surface area (Å²) < 4.78 is 0. The third-order valence-corrected chi connectivity index (χ3v) is 9.69. The number of nitrogens with zero attached hydrogens (tertiary/aromatic N) is 8. The molecule has 10 nitrogen and oxygen atoms in total. The van der Waals surface area contributed by atoms with Gasteiger partial charge in [0.25, 0.3) is 0 Å². The van der Waals surface area contributed by atoms with E-state index in [1.54, 1.807) is 6.20 Å². The van der Waals surface area contributed by atoms with Gasteiger partial charge in [0, 0.05) is 67.7 Å². The van der Waals surface area contributed by atoms with Crippen LogP contribution >= 0.6 is 0 Å². The highest BCUT2D eigenvalue weighted by molar-refractivity contribution is 5.93. The van der Waals surface area contributed by atoms with Crippen LogP contribution in [0.2, 0.25) is 0 Å². The number of hydrogen-bond donors (Lipinski definition) is 1. The first kappa shape index (κ1) is 33.0. The van der Waals surface area contributed by atoms with Crippen LogP contribution in [0.3, 0.4) is 0 Å². The van der Waals surface area contributed by atoms with Crippen molar-refractivity contribution in [1.82, 2.24) is 24.9 Å². The molecule has 3 aromatic heterocycles. The number of carbonyl (C=O) groups is 1. The second kappa shape index (κ2) is 15.8. The fourth-order valence-electron chi connectivity index (χ4n) is 6.82. The van der Waals surface area contributed by atoms with E-state index in [-0.39, 0.29) is 18.0 Å². The summed E-state index contributed by atoms with van der Waals surface area (Å²) in [4.78, 5) is 41.1. The van der Waals surface area contributed by atoms with Crippen LogP contribution in [0.25, 0.3) is 11.1 Å². The molecule has 2 aliphatic rings. The SMILES string of the molecule is CCc1ncc(-c2ccc(N(C(=O)CCc3ccccc3)C3CCC(Nc4ncc(C#N)c(N5CCCC(C)CC5)n4)CC3)nc2)cn1. The minimum absolute atomic E-state index is 0.0355. The molecule has 1 aliphatic carbocycles. The minimum Gasteiger partial charge on any atom is -0.355 e. The van der Waals surface area contributed by atoms with Crippen molar-refractivity contribution < 1.29 is 4.79 Å². The van der Waals surface area contributed by atoms with Gasteiger partial charge in [0.05, 0.1) is 6.20 Å². The monoisotopic (exact) mass is 643 g/mol. The van der Waals surface area contributed by atoms with Gasteiger partial charge in [-0.1, -0.05) is 44.2 Å². The van der Waals surface area contributed by atoms with Gasteiger partial charge in [0.2, 0.25) is 11.9 Å². The van der Waals surface area contributed by atoms with E-state index in [1.165, 1.54) is 6.42 Å². The van der Waals surface area contributed by atoms with E-state index in [0.717, 1.165) is 86.4 Å². The fraction of sp³-hybridized carbons (Fsp3) is 0.447. The largest absolute Gasteiger partial charge is 0.355 e. The fourth-order valence-corrected chi connectivity index (χ4v) is 6.82. The summed E-state index contributed by atoms with van der Waals surface area (Å²) in [5.74, 6) is 3.54. The van der Waals surface area contributed by atoms with Crippen molar-refractivity contribution in [2.24, 2.45) is 5.92 Å². The van der Waals surface area contributed by atoms with Gasteiger partial charge in [-0.3, -0.25) is 9.69 Å². The van der Waals surface area contributed by atoms with Gasteiger partial charge in [-0.25, -0.2) is 19.9 Å². The number of pyridine rings is 1. The lowest BCUT2D eigenvalue weighted by Crippen LogP contribution is -2.45. The predicted molar refractivity (Wildman–Crippen MR) is 189 cm³/mol. The molecule has 1 saturated carbocycles. The Bertz CT molecular complexity index is 1680. The first-order valence-corrected chi connectivity index (χ1v) is 17.4. The number of rotatable bonds is 10. The van der Waals surface area contributed by atoms with Crippen LogP contribution in [0.4, 0.5) is 17.6 Å². The van der Waals surface area contributed by atoms with Gasteiger partial charge < -0.3 is 10.2 Å². The van der Waals surface area contributed by atoms with Crippen molar-refractivity contribution in [3.05, 3.63) is 84.2 Å². The molecule has 1 amide bonds. The van der Waals surface area contributed by atoms with Gasteiger partial charge in [0.15, 0.2) is 5.82 Å².